The van der Waals surface area contributed by atoms with Gasteiger partial charge in [0.1, 0.15) is 5.82 Å². The van der Waals surface area contributed by atoms with Crippen LogP contribution in [-0.2, 0) is 23.0 Å². The summed E-state index contributed by atoms with van der Waals surface area (Å²) in [7, 11) is -3.46. The Morgan fingerprint density at radius 2 is 2.00 bits per heavy atom. The van der Waals surface area contributed by atoms with E-state index < -0.39 is 26.5 Å². The second-order valence-corrected chi connectivity index (χ2v) is 5.61. The molecule has 100 valence electrons. The molecule has 0 bridgehead atoms. The van der Waals surface area contributed by atoms with Crippen LogP contribution in [0.15, 0.2) is 12.1 Å². The van der Waals surface area contributed by atoms with E-state index in [0.717, 1.165) is 12.3 Å². The van der Waals surface area contributed by atoms with Crippen molar-refractivity contribution in [2.45, 2.75) is 19.9 Å². The lowest BCUT2D eigenvalue weighted by atomic mass is 10.1. The fraction of sp³-hybridized carbons (Fsp3) is 0.400. The summed E-state index contributed by atoms with van der Waals surface area (Å²) in [6, 6.07) is 2.13. The Morgan fingerprint density at radius 1 is 1.39 bits per heavy atom. The minimum absolute atomic E-state index is 0.142. The van der Waals surface area contributed by atoms with Gasteiger partial charge in [0.25, 0.3) is 5.69 Å². The van der Waals surface area contributed by atoms with Crippen LogP contribution < -0.4 is 4.72 Å². The topological polar surface area (TPSA) is 89.3 Å². The molecule has 0 fully saturated rings. The normalized spacial score (nSPS) is 11.5. The molecule has 1 aromatic carbocycles. The van der Waals surface area contributed by atoms with Crippen molar-refractivity contribution >= 4 is 15.7 Å². The second-order valence-electron chi connectivity index (χ2n) is 3.78. The number of hydrogen-bond donors (Lipinski definition) is 1. The highest BCUT2D eigenvalue weighted by molar-refractivity contribution is 7.88. The van der Waals surface area contributed by atoms with Crippen molar-refractivity contribution in [1.29, 1.82) is 0 Å². The number of rotatable bonds is 5. The average Bonchev–Trinajstić information content (AvgIpc) is 2.25. The quantitative estimate of drug-likeness (QED) is 0.649. The van der Waals surface area contributed by atoms with Crippen LogP contribution in [0.3, 0.4) is 0 Å². The predicted molar refractivity (Wildman–Crippen MR) is 64.1 cm³/mol. The Balaban J connectivity index is 3.18. The Labute approximate surface area is 104 Å². The Hall–Kier alpha value is -1.54. The van der Waals surface area contributed by atoms with Gasteiger partial charge in [0, 0.05) is 12.1 Å². The Morgan fingerprint density at radius 3 is 2.44 bits per heavy atom. The van der Waals surface area contributed by atoms with Crippen molar-refractivity contribution in [3.8, 4) is 0 Å². The molecule has 0 atom stereocenters. The predicted octanol–water partition coefficient (Wildman–Crippen LogP) is 1.35. The fourth-order valence-corrected chi connectivity index (χ4v) is 1.87. The van der Waals surface area contributed by atoms with Gasteiger partial charge in [-0.15, -0.1) is 0 Å². The minimum Gasteiger partial charge on any atom is -0.258 e. The van der Waals surface area contributed by atoms with Gasteiger partial charge in [0.15, 0.2) is 0 Å². The molecule has 0 unspecified atom stereocenters. The number of nitrogens with one attached hydrogen (secondary N) is 1. The molecular weight excluding hydrogens is 263 g/mol. The first-order valence-electron chi connectivity index (χ1n) is 5.15. The van der Waals surface area contributed by atoms with Gasteiger partial charge in [-0.05, 0) is 18.1 Å². The fourth-order valence-electron chi connectivity index (χ4n) is 1.45. The van der Waals surface area contributed by atoms with E-state index in [9.17, 15) is 22.9 Å². The van der Waals surface area contributed by atoms with Crippen molar-refractivity contribution in [2.75, 3.05) is 6.26 Å². The van der Waals surface area contributed by atoms with Gasteiger partial charge >= 0.3 is 0 Å². The molecule has 0 spiro atoms. The number of nitrogens with zero attached hydrogens (tertiary/aromatic N) is 1. The first-order valence-corrected chi connectivity index (χ1v) is 7.04. The first-order chi connectivity index (χ1) is 8.24. The van der Waals surface area contributed by atoms with Crippen LogP contribution in [0.5, 0.6) is 0 Å². The van der Waals surface area contributed by atoms with Crippen LogP contribution in [-0.4, -0.2) is 19.6 Å². The SMILES string of the molecule is CCc1cc(CNS(C)(=O)=O)c([N+](=O)[O-])cc1F. The lowest BCUT2D eigenvalue weighted by molar-refractivity contribution is -0.385. The van der Waals surface area contributed by atoms with Crippen LogP contribution in [0, 0.1) is 15.9 Å². The van der Waals surface area contributed by atoms with Crippen molar-refractivity contribution in [3.05, 3.63) is 39.2 Å². The van der Waals surface area contributed by atoms with Crippen LogP contribution in [0.25, 0.3) is 0 Å². The maximum atomic E-state index is 13.4. The highest BCUT2D eigenvalue weighted by Crippen LogP contribution is 2.23. The molecule has 0 radical (unpaired) electrons. The minimum atomic E-state index is -3.46. The number of halogens is 1. The number of nitro benzene ring substituents is 1. The smallest absolute Gasteiger partial charge is 0.258 e. The van der Waals surface area contributed by atoms with E-state index in [1.807, 2.05) is 0 Å². The third-order valence-corrected chi connectivity index (χ3v) is 3.02. The molecule has 0 aliphatic rings. The third kappa shape index (κ3) is 3.74. The Bertz CT molecular complexity index is 571. The summed E-state index contributed by atoms with van der Waals surface area (Å²) in [4.78, 5) is 10.0. The van der Waals surface area contributed by atoms with Crippen LogP contribution >= 0.6 is 0 Å². The van der Waals surface area contributed by atoms with Crippen molar-refractivity contribution in [1.82, 2.24) is 4.72 Å². The molecule has 0 saturated heterocycles. The van der Waals surface area contributed by atoms with E-state index in [1.54, 1.807) is 6.92 Å². The number of hydrogen-bond acceptors (Lipinski definition) is 4. The second kappa shape index (κ2) is 5.40. The van der Waals surface area contributed by atoms with Crippen LogP contribution in [0.4, 0.5) is 10.1 Å². The van der Waals surface area contributed by atoms with Crippen molar-refractivity contribution in [2.24, 2.45) is 0 Å². The standard InChI is InChI=1S/C10H13FN2O4S/c1-3-7-4-8(6-12-18(2,16)17)10(13(14)15)5-9(7)11/h4-5,12H,3,6H2,1-2H3. The van der Waals surface area contributed by atoms with E-state index in [-0.39, 0.29) is 12.1 Å². The largest absolute Gasteiger partial charge is 0.276 e. The summed E-state index contributed by atoms with van der Waals surface area (Å²) in [5.74, 6) is -0.660. The molecule has 1 aromatic rings. The molecule has 0 aromatic heterocycles. The highest BCUT2D eigenvalue weighted by atomic mass is 32.2. The number of aryl methyl sites for hydroxylation is 1. The zero-order valence-electron chi connectivity index (χ0n) is 9.94. The summed E-state index contributed by atoms with van der Waals surface area (Å²) in [5.41, 5.74) is 0.0235. The summed E-state index contributed by atoms with van der Waals surface area (Å²) in [6.07, 6.45) is 1.32. The van der Waals surface area contributed by atoms with Crippen LogP contribution in [0.1, 0.15) is 18.1 Å². The van der Waals surface area contributed by atoms with Crippen LogP contribution in [0.2, 0.25) is 0 Å². The van der Waals surface area contributed by atoms with Gasteiger partial charge in [-0.1, -0.05) is 6.92 Å². The van der Waals surface area contributed by atoms with Crippen molar-refractivity contribution in [3.63, 3.8) is 0 Å². The first kappa shape index (κ1) is 14.5. The lowest BCUT2D eigenvalue weighted by Gasteiger charge is -2.07. The molecule has 0 heterocycles. The highest BCUT2D eigenvalue weighted by Gasteiger charge is 2.18. The molecule has 0 aliphatic carbocycles. The van der Waals surface area contributed by atoms with Crippen molar-refractivity contribution < 1.29 is 17.7 Å². The maximum absolute atomic E-state index is 13.4. The lowest BCUT2D eigenvalue weighted by Crippen LogP contribution is -2.22. The molecule has 6 nitrogen and oxygen atoms in total. The number of nitro groups is 1. The zero-order valence-corrected chi connectivity index (χ0v) is 10.8. The Kier molecular flexibility index (Phi) is 4.36. The third-order valence-electron chi connectivity index (χ3n) is 2.35. The summed E-state index contributed by atoms with van der Waals surface area (Å²) >= 11 is 0. The summed E-state index contributed by atoms with van der Waals surface area (Å²) in [6.45, 7) is 1.47. The van der Waals surface area contributed by atoms with E-state index in [4.69, 9.17) is 0 Å². The molecule has 0 amide bonds. The molecular formula is C10H13FN2O4S. The number of sulfonamides is 1. The monoisotopic (exact) mass is 276 g/mol. The molecule has 8 heteroatoms. The van der Waals surface area contributed by atoms with Gasteiger partial charge in [0.05, 0.1) is 17.2 Å². The van der Waals surface area contributed by atoms with E-state index >= 15 is 0 Å². The van der Waals surface area contributed by atoms with Gasteiger partial charge < -0.3 is 0 Å². The van der Waals surface area contributed by atoms with Gasteiger partial charge in [-0.25, -0.2) is 17.5 Å². The molecule has 18 heavy (non-hydrogen) atoms. The molecule has 1 N–H and O–H groups in total. The van der Waals surface area contributed by atoms with E-state index in [1.165, 1.54) is 6.07 Å². The van der Waals surface area contributed by atoms with E-state index in [2.05, 4.69) is 4.72 Å². The zero-order chi connectivity index (χ0) is 13.9. The van der Waals surface area contributed by atoms with Gasteiger partial charge in [0.2, 0.25) is 10.0 Å². The summed E-state index contributed by atoms with van der Waals surface area (Å²) < 4.78 is 37.5. The van der Waals surface area contributed by atoms with Gasteiger partial charge in [-0.2, -0.15) is 0 Å². The summed E-state index contributed by atoms with van der Waals surface area (Å²) in [5, 5.41) is 10.8. The molecule has 1 rings (SSSR count). The average molecular weight is 276 g/mol. The number of benzene rings is 1. The molecule has 0 aliphatic heterocycles. The molecule has 0 saturated carbocycles. The maximum Gasteiger partial charge on any atom is 0.276 e. The van der Waals surface area contributed by atoms with E-state index in [0.29, 0.717) is 12.0 Å². The van der Waals surface area contributed by atoms with Gasteiger partial charge in [-0.3, -0.25) is 10.1 Å².